The molecule has 0 saturated carbocycles. The van der Waals surface area contributed by atoms with Gasteiger partial charge in [0, 0.05) is 45.5 Å². The normalized spacial score (nSPS) is 19.3. The van der Waals surface area contributed by atoms with E-state index in [-0.39, 0.29) is 6.61 Å². The van der Waals surface area contributed by atoms with Crippen LogP contribution in [0.5, 0.6) is 0 Å². The monoisotopic (exact) mass is 235 g/mol. The second-order valence-corrected chi connectivity index (χ2v) is 4.76. The highest BCUT2D eigenvalue weighted by Crippen LogP contribution is 2.13. The van der Waals surface area contributed by atoms with Gasteiger partial charge in [0.2, 0.25) is 0 Å². The maximum absolute atomic E-state index is 9.05. The van der Waals surface area contributed by atoms with Gasteiger partial charge < -0.3 is 10.0 Å². The van der Waals surface area contributed by atoms with Crippen LogP contribution in [0.2, 0.25) is 0 Å². The Morgan fingerprint density at radius 2 is 2.06 bits per heavy atom. The molecule has 0 aromatic carbocycles. The molecule has 2 rings (SSSR count). The number of piperazine rings is 1. The standard InChI is InChI=1S/C13H21N3O/c1-12(11-17)10-15-6-8-16(9-7-15)13-4-2-3-5-14-13/h2-5,12,17H,6-11H2,1H3. The fourth-order valence-electron chi connectivity index (χ4n) is 2.20. The fraction of sp³-hybridized carbons (Fsp3) is 0.615. The van der Waals surface area contributed by atoms with E-state index in [1.165, 1.54) is 0 Å². The summed E-state index contributed by atoms with van der Waals surface area (Å²) in [6.07, 6.45) is 1.84. The molecule has 1 aromatic rings. The van der Waals surface area contributed by atoms with Gasteiger partial charge in [0.1, 0.15) is 5.82 Å². The van der Waals surface area contributed by atoms with Crippen molar-refractivity contribution >= 4 is 5.82 Å². The van der Waals surface area contributed by atoms with Gasteiger partial charge in [-0.3, -0.25) is 4.90 Å². The number of rotatable bonds is 4. The highest BCUT2D eigenvalue weighted by Gasteiger charge is 2.18. The molecule has 4 nitrogen and oxygen atoms in total. The molecule has 1 aromatic heterocycles. The van der Waals surface area contributed by atoms with Crippen molar-refractivity contribution in [3.05, 3.63) is 24.4 Å². The predicted molar refractivity (Wildman–Crippen MR) is 69.1 cm³/mol. The minimum absolute atomic E-state index is 0.278. The van der Waals surface area contributed by atoms with Crippen LogP contribution in [0.3, 0.4) is 0 Å². The molecule has 0 bridgehead atoms. The zero-order valence-electron chi connectivity index (χ0n) is 10.4. The first-order chi connectivity index (χ1) is 8.29. The molecule has 1 aliphatic rings. The van der Waals surface area contributed by atoms with E-state index < -0.39 is 0 Å². The SMILES string of the molecule is CC(CO)CN1CCN(c2ccccn2)CC1. The summed E-state index contributed by atoms with van der Waals surface area (Å²) < 4.78 is 0. The average molecular weight is 235 g/mol. The third-order valence-corrected chi connectivity index (χ3v) is 3.23. The molecule has 0 radical (unpaired) electrons. The summed E-state index contributed by atoms with van der Waals surface area (Å²) in [7, 11) is 0. The lowest BCUT2D eigenvalue weighted by Crippen LogP contribution is -2.48. The minimum atomic E-state index is 0.278. The maximum atomic E-state index is 9.05. The van der Waals surface area contributed by atoms with Crippen molar-refractivity contribution in [2.45, 2.75) is 6.92 Å². The zero-order valence-corrected chi connectivity index (χ0v) is 10.4. The molecule has 17 heavy (non-hydrogen) atoms. The van der Waals surface area contributed by atoms with Crippen molar-refractivity contribution in [2.24, 2.45) is 5.92 Å². The quantitative estimate of drug-likeness (QED) is 0.839. The molecular formula is C13H21N3O. The van der Waals surface area contributed by atoms with E-state index >= 15 is 0 Å². The molecule has 0 aliphatic carbocycles. The van der Waals surface area contributed by atoms with Crippen molar-refractivity contribution in [3.8, 4) is 0 Å². The average Bonchev–Trinajstić information content (AvgIpc) is 2.40. The highest BCUT2D eigenvalue weighted by molar-refractivity contribution is 5.38. The number of aliphatic hydroxyl groups excluding tert-OH is 1. The summed E-state index contributed by atoms with van der Waals surface area (Å²) in [5, 5.41) is 9.05. The van der Waals surface area contributed by atoms with Crippen LogP contribution >= 0.6 is 0 Å². The number of aliphatic hydroxyl groups is 1. The lowest BCUT2D eigenvalue weighted by molar-refractivity contribution is 0.167. The lowest BCUT2D eigenvalue weighted by atomic mass is 10.1. The van der Waals surface area contributed by atoms with E-state index in [2.05, 4.69) is 27.8 Å². The Balaban J connectivity index is 1.82. The Labute approximate surface area is 103 Å². The third kappa shape index (κ3) is 3.41. The van der Waals surface area contributed by atoms with Crippen LogP contribution in [-0.2, 0) is 0 Å². The summed E-state index contributed by atoms with van der Waals surface area (Å²) >= 11 is 0. The van der Waals surface area contributed by atoms with Gasteiger partial charge in [-0.15, -0.1) is 0 Å². The second-order valence-electron chi connectivity index (χ2n) is 4.76. The lowest BCUT2D eigenvalue weighted by Gasteiger charge is -2.36. The molecule has 1 fully saturated rings. The number of nitrogens with zero attached hydrogens (tertiary/aromatic N) is 3. The number of hydrogen-bond acceptors (Lipinski definition) is 4. The van der Waals surface area contributed by atoms with E-state index in [0.717, 1.165) is 38.5 Å². The first-order valence-corrected chi connectivity index (χ1v) is 6.29. The molecule has 1 saturated heterocycles. The molecule has 1 unspecified atom stereocenters. The van der Waals surface area contributed by atoms with Crippen LogP contribution in [-0.4, -0.2) is 54.3 Å². The number of anilines is 1. The van der Waals surface area contributed by atoms with Gasteiger partial charge >= 0.3 is 0 Å². The van der Waals surface area contributed by atoms with Crippen LogP contribution in [0.4, 0.5) is 5.82 Å². The first kappa shape index (κ1) is 12.3. The van der Waals surface area contributed by atoms with Gasteiger partial charge in [0.05, 0.1) is 0 Å². The Morgan fingerprint density at radius 3 is 2.65 bits per heavy atom. The Bertz CT molecular complexity index is 323. The molecule has 1 atom stereocenters. The van der Waals surface area contributed by atoms with Gasteiger partial charge in [-0.25, -0.2) is 4.98 Å². The van der Waals surface area contributed by atoms with Crippen molar-refractivity contribution in [1.82, 2.24) is 9.88 Å². The summed E-state index contributed by atoms with van der Waals surface area (Å²) in [6, 6.07) is 6.04. The topological polar surface area (TPSA) is 39.6 Å². The van der Waals surface area contributed by atoms with Gasteiger partial charge in [-0.05, 0) is 18.1 Å². The van der Waals surface area contributed by atoms with E-state index in [1.54, 1.807) is 0 Å². The Morgan fingerprint density at radius 1 is 1.29 bits per heavy atom. The minimum Gasteiger partial charge on any atom is -0.396 e. The van der Waals surface area contributed by atoms with Gasteiger partial charge in [0.25, 0.3) is 0 Å². The number of pyridine rings is 1. The predicted octanol–water partition coefficient (Wildman–Crippen LogP) is 0.832. The smallest absolute Gasteiger partial charge is 0.128 e. The largest absolute Gasteiger partial charge is 0.396 e. The summed E-state index contributed by atoms with van der Waals surface area (Å²) in [5.41, 5.74) is 0. The summed E-state index contributed by atoms with van der Waals surface area (Å²) in [6.45, 7) is 7.52. The van der Waals surface area contributed by atoms with Gasteiger partial charge in [0.15, 0.2) is 0 Å². The fourth-order valence-corrected chi connectivity index (χ4v) is 2.20. The molecule has 0 spiro atoms. The van der Waals surface area contributed by atoms with Crippen molar-refractivity contribution in [1.29, 1.82) is 0 Å². The Kier molecular flexibility index (Phi) is 4.34. The maximum Gasteiger partial charge on any atom is 0.128 e. The van der Waals surface area contributed by atoms with Crippen molar-refractivity contribution in [2.75, 3.05) is 44.2 Å². The van der Waals surface area contributed by atoms with Crippen LogP contribution < -0.4 is 4.90 Å². The molecule has 4 heteroatoms. The molecule has 2 heterocycles. The van der Waals surface area contributed by atoms with Gasteiger partial charge in [-0.1, -0.05) is 13.0 Å². The van der Waals surface area contributed by atoms with E-state index in [4.69, 9.17) is 5.11 Å². The summed E-state index contributed by atoms with van der Waals surface area (Å²) in [4.78, 5) is 9.11. The third-order valence-electron chi connectivity index (χ3n) is 3.23. The summed E-state index contributed by atoms with van der Waals surface area (Å²) in [5.74, 6) is 1.44. The van der Waals surface area contributed by atoms with Crippen molar-refractivity contribution in [3.63, 3.8) is 0 Å². The highest BCUT2D eigenvalue weighted by atomic mass is 16.3. The molecule has 0 amide bonds. The Hall–Kier alpha value is -1.13. The van der Waals surface area contributed by atoms with E-state index in [9.17, 15) is 0 Å². The van der Waals surface area contributed by atoms with E-state index in [1.807, 2.05) is 18.3 Å². The van der Waals surface area contributed by atoms with Crippen LogP contribution in [0.15, 0.2) is 24.4 Å². The van der Waals surface area contributed by atoms with E-state index in [0.29, 0.717) is 5.92 Å². The number of aromatic nitrogens is 1. The second kappa shape index (κ2) is 5.98. The van der Waals surface area contributed by atoms with Crippen LogP contribution in [0.1, 0.15) is 6.92 Å². The molecule has 1 aliphatic heterocycles. The molecule has 94 valence electrons. The molecular weight excluding hydrogens is 214 g/mol. The molecule has 1 N–H and O–H groups in total. The van der Waals surface area contributed by atoms with Gasteiger partial charge in [-0.2, -0.15) is 0 Å². The number of hydrogen-bond donors (Lipinski definition) is 1. The van der Waals surface area contributed by atoms with Crippen LogP contribution in [0.25, 0.3) is 0 Å². The van der Waals surface area contributed by atoms with Crippen LogP contribution in [0, 0.1) is 5.92 Å². The van der Waals surface area contributed by atoms with Crippen molar-refractivity contribution < 1.29 is 5.11 Å². The first-order valence-electron chi connectivity index (χ1n) is 6.29. The zero-order chi connectivity index (χ0) is 12.1.